The average molecular weight is 409 g/mol. The summed E-state index contributed by atoms with van der Waals surface area (Å²) in [6.07, 6.45) is 1.07. The third kappa shape index (κ3) is 4.72. The number of carboxylic acids is 1. The second-order valence-corrected chi connectivity index (χ2v) is 7.25. The number of fused-ring (bicyclic) bond motifs is 1. The monoisotopic (exact) mass is 409 g/mol. The Hall–Kier alpha value is -3.39. The maximum Gasteiger partial charge on any atom is 0.352 e. The van der Waals surface area contributed by atoms with Crippen LogP contribution in [-0.4, -0.2) is 35.0 Å². The highest BCUT2D eigenvalue weighted by Crippen LogP contribution is 2.35. The van der Waals surface area contributed by atoms with Crippen molar-refractivity contribution in [3.8, 4) is 22.8 Å². The number of benzene rings is 2. The van der Waals surface area contributed by atoms with E-state index in [9.17, 15) is 9.90 Å². The van der Waals surface area contributed by atoms with E-state index >= 15 is 0 Å². The Bertz CT molecular complexity index is 1030. The van der Waals surface area contributed by atoms with Gasteiger partial charge in [0.05, 0.1) is 18.9 Å². The van der Waals surface area contributed by atoms with Crippen molar-refractivity contribution in [2.45, 2.75) is 12.8 Å². The molecule has 4 rings (SSSR count). The fourth-order valence-electron chi connectivity index (χ4n) is 2.85. The number of aromatic nitrogens is 1. The molecule has 0 saturated heterocycles. The van der Waals surface area contributed by atoms with Crippen molar-refractivity contribution >= 4 is 28.1 Å². The van der Waals surface area contributed by atoms with Crippen molar-refractivity contribution in [2.24, 2.45) is 5.10 Å². The summed E-state index contributed by atoms with van der Waals surface area (Å²) in [6.45, 7) is 1.26. The van der Waals surface area contributed by atoms with Crippen molar-refractivity contribution in [1.82, 2.24) is 4.98 Å². The van der Waals surface area contributed by atoms with Crippen LogP contribution in [0.3, 0.4) is 0 Å². The van der Waals surface area contributed by atoms with Gasteiger partial charge in [0.1, 0.15) is 5.71 Å². The Morgan fingerprint density at radius 2 is 1.93 bits per heavy atom. The third-order valence-corrected chi connectivity index (χ3v) is 5.04. The molecule has 1 aromatic heterocycles. The zero-order valence-electron chi connectivity index (χ0n) is 15.5. The van der Waals surface area contributed by atoms with Crippen LogP contribution in [-0.2, 0) is 11.2 Å². The molecule has 1 aliphatic heterocycles. The largest absolute Gasteiger partial charge is 0.490 e. The van der Waals surface area contributed by atoms with Gasteiger partial charge in [-0.2, -0.15) is 5.10 Å². The van der Waals surface area contributed by atoms with Crippen LogP contribution >= 0.6 is 11.3 Å². The maximum atomic E-state index is 11.5. The highest BCUT2D eigenvalue weighted by Gasteiger charge is 2.14. The number of hydrazone groups is 1. The fraction of sp³-hybridized carbons (Fsp3) is 0.190. The summed E-state index contributed by atoms with van der Waals surface area (Å²) in [5.74, 6) is 0.369. The normalized spacial score (nSPS) is 13.6. The van der Waals surface area contributed by atoms with Crippen molar-refractivity contribution in [2.75, 3.05) is 18.6 Å². The number of anilines is 1. The third-order valence-electron chi connectivity index (χ3n) is 4.30. The van der Waals surface area contributed by atoms with E-state index in [-0.39, 0.29) is 12.1 Å². The van der Waals surface area contributed by atoms with Gasteiger partial charge < -0.3 is 14.6 Å². The van der Waals surface area contributed by atoms with Crippen LogP contribution in [0.15, 0.2) is 59.0 Å². The Labute approximate surface area is 171 Å². The van der Waals surface area contributed by atoms with E-state index < -0.39 is 5.97 Å². The topological polar surface area (TPSA) is 93.0 Å². The van der Waals surface area contributed by atoms with Gasteiger partial charge in [-0.1, -0.05) is 30.3 Å². The van der Waals surface area contributed by atoms with Crippen LogP contribution in [0.25, 0.3) is 11.3 Å². The highest BCUT2D eigenvalue weighted by atomic mass is 32.1. The number of nitrogens with zero attached hydrogens (tertiary/aromatic N) is 2. The van der Waals surface area contributed by atoms with E-state index in [0.717, 1.165) is 29.0 Å². The van der Waals surface area contributed by atoms with Crippen molar-refractivity contribution in [1.29, 1.82) is 0 Å². The lowest BCUT2D eigenvalue weighted by Crippen LogP contribution is -2.17. The summed E-state index contributed by atoms with van der Waals surface area (Å²) >= 11 is 1.35. The fourth-order valence-corrected chi connectivity index (χ4v) is 3.51. The van der Waals surface area contributed by atoms with Gasteiger partial charge in [0.25, 0.3) is 0 Å². The van der Waals surface area contributed by atoms with E-state index in [1.165, 1.54) is 11.3 Å². The quantitative estimate of drug-likeness (QED) is 0.471. The molecule has 29 heavy (non-hydrogen) atoms. The molecule has 0 aliphatic carbocycles. The molecule has 0 spiro atoms. The van der Waals surface area contributed by atoms with E-state index in [2.05, 4.69) is 15.5 Å². The number of carboxylic acid groups (broad SMARTS) is 1. The number of carbonyl (C=O) groups is 1. The van der Waals surface area contributed by atoms with Crippen LogP contribution in [0, 0.1) is 0 Å². The van der Waals surface area contributed by atoms with Crippen molar-refractivity contribution in [3.63, 3.8) is 0 Å². The summed E-state index contributed by atoms with van der Waals surface area (Å²) in [5, 5.41) is 15.9. The SMILES string of the molecule is O=C(O)/C(Cc1ccccc1)=N/Nc1nc(-c2ccc3c(c2)OCCCO3)cs1. The molecule has 2 heterocycles. The zero-order chi connectivity index (χ0) is 20.1. The van der Waals surface area contributed by atoms with Gasteiger partial charge in [-0.25, -0.2) is 9.78 Å². The number of rotatable bonds is 6. The summed E-state index contributed by atoms with van der Waals surface area (Å²) in [6, 6.07) is 15.1. The van der Waals surface area contributed by atoms with Crippen LogP contribution in [0.1, 0.15) is 12.0 Å². The molecule has 0 amide bonds. The first-order chi connectivity index (χ1) is 14.2. The van der Waals surface area contributed by atoms with Gasteiger partial charge in [0, 0.05) is 23.8 Å². The van der Waals surface area contributed by atoms with Gasteiger partial charge in [-0.15, -0.1) is 11.3 Å². The molecule has 0 bridgehead atoms. The molecule has 2 aromatic carbocycles. The number of aliphatic carboxylic acids is 1. The molecular weight excluding hydrogens is 390 g/mol. The Morgan fingerprint density at radius 3 is 2.72 bits per heavy atom. The Morgan fingerprint density at radius 1 is 1.14 bits per heavy atom. The van der Waals surface area contributed by atoms with E-state index in [1.54, 1.807) is 0 Å². The minimum atomic E-state index is -1.07. The van der Waals surface area contributed by atoms with Gasteiger partial charge in [-0.3, -0.25) is 5.43 Å². The summed E-state index contributed by atoms with van der Waals surface area (Å²) in [4.78, 5) is 16.0. The lowest BCUT2D eigenvalue weighted by molar-refractivity contribution is -0.129. The second kappa shape index (κ2) is 8.74. The number of ether oxygens (including phenoxy) is 2. The minimum absolute atomic E-state index is 0.0172. The van der Waals surface area contributed by atoms with E-state index in [0.29, 0.717) is 24.1 Å². The lowest BCUT2D eigenvalue weighted by atomic mass is 10.1. The summed E-state index contributed by atoms with van der Waals surface area (Å²) in [5.41, 5.74) is 5.31. The average Bonchev–Trinajstić information content (AvgIpc) is 3.08. The van der Waals surface area contributed by atoms with Crippen LogP contribution in [0.2, 0.25) is 0 Å². The summed E-state index contributed by atoms with van der Waals surface area (Å²) in [7, 11) is 0. The summed E-state index contributed by atoms with van der Waals surface area (Å²) < 4.78 is 11.4. The lowest BCUT2D eigenvalue weighted by Gasteiger charge is -2.08. The first-order valence-corrected chi connectivity index (χ1v) is 10.0. The van der Waals surface area contributed by atoms with Crippen LogP contribution in [0.5, 0.6) is 11.5 Å². The molecule has 0 fully saturated rings. The first kappa shape index (κ1) is 18.9. The number of thiazole rings is 1. The number of hydrogen-bond donors (Lipinski definition) is 2. The zero-order valence-corrected chi connectivity index (χ0v) is 16.3. The minimum Gasteiger partial charge on any atom is -0.490 e. The molecule has 0 atom stereocenters. The second-order valence-electron chi connectivity index (χ2n) is 6.39. The molecule has 0 saturated carbocycles. The van der Waals surface area contributed by atoms with E-state index in [4.69, 9.17) is 9.47 Å². The van der Waals surface area contributed by atoms with E-state index in [1.807, 2.05) is 53.9 Å². The van der Waals surface area contributed by atoms with Gasteiger partial charge in [-0.05, 0) is 23.8 Å². The van der Waals surface area contributed by atoms with Crippen LogP contribution in [0.4, 0.5) is 5.13 Å². The smallest absolute Gasteiger partial charge is 0.352 e. The molecule has 1 aliphatic rings. The Kier molecular flexibility index (Phi) is 5.71. The molecule has 0 unspecified atom stereocenters. The maximum absolute atomic E-state index is 11.5. The first-order valence-electron chi connectivity index (χ1n) is 9.14. The molecule has 3 aromatic rings. The molecule has 7 nitrogen and oxygen atoms in total. The molecular formula is C21H19N3O4S. The standard InChI is InChI=1S/C21H19N3O4S/c25-20(26)16(11-14-5-2-1-3-6-14)23-24-21-22-17(13-29-21)15-7-8-18-19(12-15)28-10-4-9-27-18/h1-3,5-8,12-13H,4,9-11H2,(H,22,24)(H,25,26)/b23-16+. The van der Waals surface area contributed by atoms with Crippen molar-refractivity contribution < 1.29 is 19.4 Å². The van der Waals surface area contributed by atoms with Gasteiger partial charge in [0.15, 0.2) is 11.5 Å². The van der Waals surface area contributed by atoms with Gasteiger partial charge >= 0.3 is 5.97 Å². The number of hydrogen-bond acceptors (Lipinski definition) is 7. The highest BCUT2D eigenvalue weighted by molar-refractivity contribution is 7.14. The molecule has 8 heteroatoms. The number of nitrogens with one attached hydrogen (secondary N) is 1. The van der Waals surface area contributed by atoms with Crippen LogP contribution < -0.4 is 14.9 Å². The predicted octanol–water partition coefficient (Wildman–Crippen LogP) is 4.07. The molecule has 148 valence electrons. The molecule has 0 radical (unpaired) electrons. The predicted molar refractivity (Wildman–Crippen MR) is 112 cm³/mol. The van der Waals surface area contributed by atoms with Gasteiger partial charge in [0.2, 0.25) is 5.13 Å². The molecule has 2 N–H and O–H groups in total. The Balaban J connectivity index is 1.49. The van der Waals surface area contributed by atoms with Crippen molar-refractivity contribution in [3.05, 3.63) is 59.5 Å².